The quantitative estimate of drug-likeness (QED) is 0.671. The third kappa shape index (κ3) is 2.41. The lowest BCUT2D eigenvalue weighted by atomic mass is 10.3. The Balaban J connectivity index is 2.09. The predicted molar refractivity (Wildman–Crippen MR) is 83.7 cm³/mol. The molecule has 2 aromatic heterocycles. The van der Waals surface area contributed by atoms with Gasteiger partial charge in [-0.25, -0.2) is 4.98 Å². The number of hydrogen-bond donors (Lipinski definition) is 3. The first-order valence-corrected chi connectivity index (χ1v) is 6.95. The van der Waals surface area contributed by atoms with Gasteiger partial charge in [0.05, 0.1) is 17.0 Å². The van der Waals surface area contributed by atoms with E-state index in [1.165, 1.54) is 0 Å². The highest BCUT2D eigenvalue weighted by atomic mass is 79.9. The first-order chi connectivity index (χ1) is 9.67. The van der Waals surface area contributed by atoms with Crippen LogP contribution in [0.4, 0.5) is 17.5 Å². The zero-order valence-electron chi connectivity index (χ0n) is 10.4. The Hall–Kier alpha value is -1.86. The SMILES string of the molecule is CNc1nc(Nc2cc(Br)ccc2Cl)c2[nH]cnc2n1. The summed E-state index contributed by atoms with van der Waals surface area (Å²) in [5.41, 5.74) is 2.05. The van der Waals surface area contributed by atoms with Gasteiger partial charge in [-0.3, -0.25) is 0 Å². The highest BCUT2D eigenvalue weighted by Crippen LogP contribution is 2.30. The second-order valence-electron chi connectivity index (χ2n) is 4.00. The molecule has 0 saturated carbocycles. The van der Waals surface area contributed by atoms with Crippen molar-refractivity contribution in [3.8, 4) is 0 Å². The van der Waals surface area contributed by atoms with Gasteiger partial charge in [-0.05, 0) is 18.2 Å². The second-order valence-corrected chi connectivity index (χ2v) is 5.32. The number of imidazole rings is 1. The first kappa shape index (κ1) is 13.1. The van der Waals surface area contributed by atoms with Gasteiger partial charge < -0.3 is 15.6 Å². The summed E-state index contributed by atoms with van der Waals surface area (Å²) in [6.07, 6.45) is 1.58. The molecule has 6 nitrogen and oxygen atoms in total. The van der Waals surface area contributed by atoms with E-state index in [0.29, 0.717) is 22.4 Å². The molecule has 3 N–H and O–H groups in total. The molecule has 0 radical (unpaired) electrons. The van der Waals surface area contributed by atoms with Crippen LogP contribution in [-0.4, -0.2) is 27.0 Å². The van der Waals surface area contributed by atoms with E-state index < -0.39 is 0 Å². The fourth-order valence-corrected chi connectivity index (χ4v) is 2.28. The van der Waals surface area contributed by atoms with Crippen LogP contribution in [-0.2, 0) is 0 Å². The summed E-state index contributed by atoms with van der Waals surface area (Å²) in [5.74, 6) is 1.09. The minimum absolute atomic E-state index is 0.484. The standard InChI is InChI=1S/C12H10BrClN6/c1-15-12-19-10-9(16-5-17-10)11(20-12)18-8-4-6(13)2-3-7(8)14/h2-5H,1H3,(H3,15,16,17,18,19,20). The van der Waals surface area contributed by atoms with Crippen molar-refractivity contribution in [3.63, 3.8) is 0 Å². The van der Waals surface area contributed by atoms with Crippen molar-refractivity contribution in [2.75, 3.05) is 17.7 Å². The number of nitrogens with zero attached hydrogens (tertiary/aromatic N) is 3. The molecule has 0 aliphatic rings. The Bertz CT molecular complexity index is 772. The van der Waals surface area contributed by atoms with Crippen LogP contribution in [0.3, 0.4) is 0 Å². The Morgan fingerprint density at radius 3 is 2.95 bits per heavy atom. The molecule has 0 amide bonds. The minimum Gasteiger partial charge on any atom is -0.357 e. The van der Waals surface area contributed by atoms with E-state index >= 15 is 0 Å². The van der Waals surface area contributed by atoms with E-state index in [0.717, 1.165) is 15.7 Å². The van der Waals surface area contributed by atoms with E-state index in [1.807, 2.05) is 12.1 Å². The van der Waals surface area contributed by atoms with E-state index in [-0.39, 0.29) is 0 Å². The normalized spacial score (nSPS) is 10.8. The molecule has 8 heteroatoms. The average molecular weight is 354 g/mol. The van der Waals surface area contributed by atoms with Crippen LogP contribution in [0.1, 0.15) is 0 Å². The highest BCUT2D eigenvalue weighted by Gasteiger charge is 2.11. The Morgan fingerprint density at radius 1 is 1.30 bits per heavy atom. The van der Waals surface area contributed by atoms with Crippen molar-refractivity contribution in [1.29, 1.82) is 0 Å². The van der Waals surface area contributed by atoms with Crippen LogP contribution >= 0.6 is 27.5 Å². The van der Waals surface area contributed by atoms with Gasteiger partial charge in [0.2, 0.25) is 5.95 Å². The number of nitrogens with one attached hydrogen (secondary N) is 3. The maximum atomic E-state index is 6.18. The zero-order chi connectivity index (χ0) is 14.1. The third-order valence-corrected chi connectivity index (χ3v) is 3.51. The summed E-state index contributed by atoms with van der Waals surface area (Å²) in [4.78, 5) is 15.8. The number of aromatic amines is 1. The average Bonchev–Trinajstić information content (AvgIpc) is 2.91. The molecular formula is C12H10BrClN6. The van der Waals surface area contributed by atoms with E-state index in [1.54, 1.807) is 19.4 Å². The molecule has 0 saturated heterocycles. The van der Waals surface area contributed by atoms with Crippen LogP contribution in [0.5, 0.6) is 0 Å². The Labute approximate surface area is 128 Å². The molecule has 102 valence electrons. The molecule has 2 heterocycles. The Kier molecular flexibility index (Phi) is 3.45. The van der Waals surface area contributed by atoms with E-state index in [2.05, 4.69) is 46.5 Å². The fraction of sp³-hybridized carbons (Fsp3) is 0.0833. The van der Waals surface area contributed by atoms with Crippen LogP contribution in [0.2, 0.25) is 5.02 Å². The molecular weight excluding hydrogens is 344 g/mol. The van der Waals surface area contributed by atoms with Crippen LogP contribution in [0.15, 0.2) is 29.0 Å². The van der Waals surface area contributed by atoms with E-state index in [4.69, 9.17) is 11.6 Å². The molecule has 0 fully saturated rings. The van der Waals surface area contributed by atoms with Crippen molar-refractivity contribution >= 4 is 56.1 Å². The summed E-state index contributed by atoms with van der Waals surface area (Å²) < 4.78 is 0.924. The molecule has 0 atom stereocenters. The molecule has 20 heavy (non-hydrogen) atoms. The molecule has 0 aliphatic heterocycles. The summed E-state index contributed by atoms with van der Waals surface area (Å²) >= 11 is 9.59. The minimum atomic E-state index is 0.484. The van der Waals surface area contributed by atoms with Crippen molar-refractivity contribution < 1.29 is 0 Å². The van der Waals surface area contributed by atoms with Crippen molar-refractivity contribution in [2.24, 2.45) is 0 Å². The zero-order valence-corrected chi connectivity index (χ0v) is 12.7. The van der Waals surface area contributed by atoms with Crippen LogP contribution in [0, 0.1) is 0 Å². The Morgan fingerprint density at radius 2 is 2.15 bits per heavy atom. The molecule has 0 unspecified atom stereocenters. The molecule has 0 aliphatic carbocycles. The van der Waals surface area contributed by atoms with Crippen LogP contribution < -0.4 is 10.6 Å². The lowest BCUT2D eigenvalue weighted by Crippen LogP contribution is -2.02. The number of benzene rings is 1. The monoisotopic (exact) mass is 352 g/mol. The number of fused-ring (bicyclic) bond motifs is 1. The summed E-state index contributed by atoms with van der Waals surface area (Å²) in [5, 5.41) is 6.70. The molecule has 0 spiro atoms. The lowest BCUT2D eigenvalue weighted by molar-refractivity contribution is 1.18. The second kappa shape index (κ2) is 5.26. The van der Waals surface area contributed by atoms with Gasteiger partial charge in [0.15, 0.2) is 11.5 Å². The van der Waals surface area contributed by atoms with Crippen molar-refractivity contribution in [3.05, 3.63) is 34.0 Å². The van der Waals surface area contributed by atoms with Gasteiger partial charge in [0.1, 0.15) is 5.52 Å². The highest BCUT2D eigenvalue weighted by molar-refractivity contribution is 9.10. The summed E-state index contributed by atoms with van der Waals surface area (Å²) in [6, 6.07) is 5.56. The number of H-pyrrole nitrogens is 1. The van der Waals surface area contributed by atoms with Gasteiger partial charge in [-0.1, -0.05) is 27.5 Å². The molecule has 1 aromatic carbocycles. The van der Waals surface area contributed by atoms with Crippen LogP contribution in [0.25, 0.3) is 11.2 Å². The number of aromatic nitrogens is 4. The molecule has 3 rings (SSSR count). The maximum absolute atomic E-state index is 6.18. The largest absolute Gasteiger partial charge is 0.357 e. The smallest absolute Gasteiger partial charge is 0.226 e. The van der Waals surface area contributed by atoms with E-state index in [9.17, 15) is 0 Å². The predicted octanol–water partition coefficient (Wildman–Crippen LogP) is 3.55. The number of halogens is 2. The summed E-state index contributed by atoms with van der Waals surface area (Å²) in [7, 11) is 1.75. The van der Waals surface area contributed by atoms with Gasteiger partial charge in [-0.15, -0.1) is 0 Å². The van der Waals surface area contributed by atoms with Crippen molar-refractivity contribution in [2.45, 2.75) is 0 Å². The third-order valence-electron chi connectivity index (χ3n) is 2.69. The summed E-state index contributed by atoms with van der Waals surface area (Å²) in [6.45, 7) is 0. The molecule has 3 aromatic rings. The first-order valence-electron chi connectivity index (χ1n) is 5.78. The molecule has 0 bridgehead atoms. The van der Waals surface area contributed by atoms with Gasteiger partial charge in [-0.2, -0.15) is 9.97 Å². The fourth-order valence-electron chi connectivity index (χ4n) is 1.76. The van der Waals surface area contributed by atoms with Gasteiger partial charge in [0.25, 0.3) is 0 Å². The van der Waals surface area contributed by atoms with Crippen molar-refractivity contribution in [1.82, 2.24) is 19.9 Å². The number of hydrogen-bond acceptors (Lipinski definition) is 5. The van der Waals surface area contributed by atoms with Gasteiger partial charge >= 0.3 is 0 Å². The number of rotatable bonds is 3. The van der Waals surface area contributed by atoms with Gasteiger partial charge in [0, 0.05) is 11.5 Å². The topological polar surface area (TPSA) is 78.5 Å². The lowest BCUT2D eigenvalue weighted by Gasteiger charge is -2.10. The maximum Gasteiger partial charge on any atom is 0.226 e. The number of anilines is 3.